The number of carbonyl (C=O) groups is 3. The number of carboxylic acids is 1. The maximum atomic E-state index is 12.7. The molecule has 1 aromatic heterocycles. The van der Waals surface area contributed by atoms with E-state index in [9.17, 15) is 14.4 Å². The van der Waals surface area contributed by atoms with Crippen LogP contribution in [0.3, 0.4) is 0 Å². The molecular weight excluding hydrogens is 356 g/mol. The van der Waals surface area contributed by atoms with E-state index in [1.807, 2.05) is 16.7 Å². The minimum absolute atomic E-state index is 0.0509. The van der Waals surface area contributed by atoms with E-state index in [2.05, 4.69) is 5.32 Å². The highest BCUT2D eigenvalue weighted by atomic mass is 32.2. The largest absolute Gasteiger partial charge is 0.478 e. The number of carbonyl (C=O) groups excluding carboxylic acids is 2. The number of rotatable bonds is 4. The second kappa shape index (κ2) is 7.65. The molecule has 0 radical (unpaired) electrons. The van der Waals surface area contributed by atoms with Crippen LogP contribution in [0.1, 0.15) is 36.8 Å². The summed E-state index contributed by atoms with van der Waals surface area (Å²) in [6.45, 7) is 3.19. The molecule has 0 unspecified atom stereocenters. The van der Waals surface area contributed by atoms with Crippen LogP contribution in [-0.2, 0) is 0 Å². The Kier molecular flexibility index (Phi) is 5.32. The van der Waals surface area contributed by atoms with Crippen LogP contribution in [0, 0.1) is 6.92 Å². The zero-order valence-electron chi connectivity index (χ0n) is 14.2. The number of furan rings is 1. The number of thioether (sulfide) groups is 1. The Balaban J connectivity index is 1.79. The molecule has 2 heterocycles. The van der Waals surface area contributed by atoms with E-state index in [0.717, 1.165) is 23.8 Å². The van der Waals surface area contributed by atoms with E-state index in [1.165, 1.54) is 0 Å². The van der Waals surface area contributed by atoms with Crippen molar-refractivity contribution in [3.05, 3.63) is 53.0 Å². The fourth-order valence-corrected chi connectivity index (χ4v) is 3.59. The molecule has 0 saturated carbocycles. The quantitative estimate of drug-likeness (QED) is 0.854. The van der Waals surface area contributed by atoms with E-state index < -0.39 is 11.9 Å². The predicted molar refractivity (Wildman–Crippen MR) is 98.0 cm³/mol. The number of anilines is 1. The molecular formula is C18H18N2O5S. The van der Waals surface area contributed by atoms with Gasteiger partial charge in [0, 0.05) is 41.9 Å². The van der Waals surface area contributed by atoms with Crippen molar-refractivity contribution in [2.45, 2.75) is 6.92 Å². The average molecular weight is 374 g/mol. The molecule has 1 aliphatic heterocycles. The number of aromatic carboxylic acids is 1. The van der Waals surface area contributed by atoms with Crippen LogP contribution in [0.15, 0.2) is 34.9 Å². The van der Waals surface area contributed by atoms with Gasteiger partial charge in [0.15, 0.2) is 5.76 Å². The molecule has 2 aromatic rings. The Bertz CT molecular complexity index is 855. The maximum absolute atomic E-state index is 12.7. The molecule has 7 nitrogen and oxygen atoms in total. The highest BCUT2D eigenvalue weighted by Gasteiger charge is 2.22. The summed E-state index contributed by atoms with van der Waals surface area (Å²) in [6.07, 6.45) is 1.01. The summed E-state index contributed by atoms with van der Waals surface area (Å²) in [7, 11) is 0. The summed E-state index contributed by atoms with van der Waals surface area (Å²) in [5.74, 6) is -0.0514. The van der Waals surface area contributed by atoms with Crippen LogP contribution >= 0.6 is 11.8 Å². The third-order valence-electron chi connectivity index (χ3n) is 4.18. The highest BCUT2D eigenvalue weighted by Crippen LogP contribution is 2.23. The monoisotopic (exact) mass is 374 g/mol. The third-order valence-corrected chi connectivity index (χ3v) is 5.12. The van der Waals surface area contributed by atoms with Crippen molar-refractivity contribution in [3.8, 4) is 0 Å². The standard InChI is InChI=1S/C18H18N2O5S/c1-11-13(17(22)20-5-7-26-8-6-20)3-2-4-14(11)19-16(21)15-9-12(10-25-15)18(23)24/h2-4,9-10H,5-8H2,1H3,(H,19,21)(H,23,24). The summed E-state index contributed by atoms with van der Waals surface area (Å²) in [5, 5.41) is 11.6. The first-order chi connectivity index (χ1) is 12.5. The van der Waals surface area contributed by atoms with Gasteiger partial charge in [-0.15, -0.1) is 0 Å². The van der Waals surface area contributed by atoms with Crippen molar-refractivity contribution in [3.63, 3.8) is 0 Å². The lowest BCUT2D eigenvalue weighted by Gasteiger charge is -2.27. The molecule has 1 saturated heterocycles. The third kappa shape index (κ3) is 3.75. The minimum Gasteiger partial charge on any atom is -0.478 e. The van der Waals surface area contributed by atoms with Gasteiger partial charge in [0.2, 0.25) is 0 Å². The van der Waals surface area contributed by atoms with Gasteiger partial charge in [-0.05, 0) is 24.6 Å². The van der Waals surface area contributed by atoms with Gasteiger partial charge in [-0.2, -0.15) is 11.8 Å². The lowest BCUT2D eigenvalue weighted by molar-refractivity contribution is 0.0695. The first-order valence-electron chi connectivity index (χ1n) is 8.07. The number of carboxylic acid groups (broad SMARTS) is 1. The fraction of sp³-hybridized carbons (Fsp3) is 0.278. The summed E-state index contributed by atoms with van der Waals surface area (Å²) < 4.78 is 5.00. The molecule has 8 heteroatoms. The molecule has 2 amide bonds. The van der Waals surface area contributed by atoms with Gasteiger partial charge in [-0.3, -0.25) is 9.59 Å². The van der Waals surface area contributed by atoms with Gasteiger partial charge in [-0.25, -0.2) is 4.79 Å². The molecule has 0 spiro atoms. The normalized spacial score (nSPS) is 14.1. The lowest BCUT2D eigenvalue weighted by Crippen LogP contribution is -2.38. The average Bonchev–Trinajstić information content (AvgIpc) is 3.14. The van der Waals surface area contributed by atoms with Gasteiger partial charge in [0.05, 0.1) is 5.56 Å². The van der Waals surface area contributed by atoms with E-state index in [1.54, 1.807) is 25.1 Å². The fourth-order valence-electron chi connectivity index (χ4n) is 2.69. The maximum Gasteiger partial charge on any atom is 0.338 e. The first kappa shape index (κ1) is 18.1. The lowest BCUT2D eigenvalue weighted by atomic mass is 10.0. The summed E-state index contributed by atoms with van der Waals surface area (Å²) >= 11 is 1.83. The van der Waals surface area contributed by atoms with Gasteiger partial charge in [-0.1, -0.05) is 6.07 Å². The molecule has 1 aliphatic rings. The van der Waals surface area contributed by atoms with Gasteiger partial charge in [0.1, 0.15) is 6.26 Å². The van der Waals surface area contributed by atoms with Gasteiger partial charge in [0.25, 0.3) is 11.8 Å². The number of benzene rings is 1. The molecule has 0 bridgehead atoms. The summed E-state index contributed by atoms with van der Waals surface area (Å²) in [4.78, 5) is 37.7. The highest BCUT2D eigenvalue weighted by molar-refractivity contribution is 7.99. The summed E-state index contributed by atoms with van der Waals surface area (Å²) in [5.41, 5.74) is 1.59. The van der Waals surface area contributed by atoms with Crippen molar-refractivity contribution in [1.82, 2.24) is 4.90 Å². The van der Waals surface area contributed by atoms with Crippen molar-refractivity contribution < 1.29 is 23.9 Å². The molecule has 0 aliphatic carbocycles. The Morgan fingerprint density at radius 1 is 1.23 bits per heavy atom. The van der Waals surface area contributed by atoms with Crippen LogP contribution < -0.4 is 5.32 Å². The van der Waals surface area contributed by atoms with Crippen molar-refractivity contribution in [1.29, 1.82) is 0 Å². The Morgan fingerprint density at radius 3 is 2.62 bits per heavy atom. The second-order valence-electron chi connectivity index (χ2n) is 5.84. The predicted octanol–water partition coefficient (Wildman–Crippen LogP) is 2.73. The second-order valence-corrected chi connectivity index (χ2v) is 7.07. The van der Waals surface area contributed by atoms with E-state index in [-0.39, 0.29) is 17.2 Å². The van der Waals surface area contributed by atoms with Crippen LogP contribution in [-0.4, -0.2) is 52.4 Å². The Morgan fingerprint density at radius 2 is 1.96 bits per heavy atom. The Labute approximate surface area is 154 Å². The molecule has 1 aromatic carbocycles. The number of hydrogen-bond donors (Lipinski definition) is 2. The van der Waals surface area contributed by atoms with Crippen molar-refractivity contribution in [2.75, 3.05) is 29.9 Å². The number of hydrogen-bond acceptors (Lipinski definition) is 5. The zero-order chi connectivity index (χ0) is 18.7. The van der Waals surface area contributed by atoms with Gasteiger partial charge >= 0.3 is 5.97 Å². The molecule has 2 N–H and O–H groups in total. The number of nitrogens with one attached hydrogen (secondary N) is 1. The van der Waals surface area contributed by atoms with Crippen LogP contribution in [0.2, 0.25) is 0 Å². The van der Waals surface area contributed by atoms with Crippen LogP contribution in [0.25, 0.3) is 0 Å². The minimum atomic E-state index is -1.17. The summed E-state index contributed by atoms with van der Waals surface area (Å²) in [6, 6.07) is 6.30. The van der Waals surface area contributed by atoms with E-state index >= 15 is 0 Å². The van der Waals surface area contributed by atoms with E-state index in [4.69, 9.17) is 9.52 Å². The van der Waals surface area contributed by atoms with Crippen molar-refractivity contribution in [2.24, 2.45) is 0 Å². The molecule has 3 rings (SSSR count). The molecule has 0 atom stereocenters. The molecule has 1 fully saturated rings. The SMILES string of the molecule is Cc1c(NC(=O)c2cc(C(=O)O)co2)cccc1C(=O)N1CCSCC1. The van der Waals surface area contributed by atoms with Crippen molar-refractivity contribution >= 4 is 35.2 Å². The van der Waals surface area contributed by atoms with Crippen LogP contribution in [0.4, 0.5) is 5.69 Å². The molecule has 26 heavy (non-hydrogen) atoms. The Hall–Kier alpha value is -2.74. The molecule has 136 valence electrons. The number of amides is 2. The van der Waals surface area contributed by atoms with Gasteiger partial charge < -0.3 is 19.7 Å². The smallest absolute Gasteiger partial charge is 0.338 e. The topological polar surface area (TPSA) is 99.9 Å². The van der Waals surface area contributed by atoms with E-state index in [0.29, 0.717) is 29.9 Å². The first-order valence-corrected chi connectivity index (χ1v) is 9.22. The number of nitrogens with zero attached hydrogens (tertiary/aromatic N) is 1. The van der Waals surface area contributed by atoms with Crippen LogP contribution in [0.5, 0.6) is 0 Å². The zero-order valence-corrected chi connectivity index (χ0v) is 15.0.